The number of carbonyl (C=O) groups is 1. The molecule has 5 heteroatoms. The molecule has 3 rings (SSSR count). The van der Waals surface area contributed by atoms with Gasteiger partial charge >= 0.3 is 0 Å². The quantitative estimate of drug-likeness (QED) is 0.339. The maximum absolute atomic E-state index is 11.4. The van der Waals surface area contributed by atoms with Crippen molar-refractivity contribution in [1.29, 1.82) is 0 Å². The number of rotatable bonds is 5. The maximum atomic E-state index is 11.4. The van der Waals surface area contributed by atoms with Crippen molar-refractivity contribution >= 4 is 23.5 Å². The lowest BCUT2D eigenvalue weighted by molar-refractivity contribution is -0.202. The summed E-state index contributed by atoms with van der Waals surface area (Å²) in [4.78, 5) is 17.7. The average Bonchev–Trinajstić information content (AvgIpc) is 3.00. The van der Waals surface area contributed by atoms with Gasteiger partial charge in [-0.05, 0) is 49.2 Å². The molecule has 122 valence electrons. The summed E-state index contributed by atoms with van der Waals surface area (Å²) in [7, 11) is 0. The lowest BCUT2D eigenvalue weighted by Gasteiger charge is -2.16. The van der Waals surface area contributed by atoms with Crippen molar-refractivity contribution < 1.29 is 14.1 Å². The summed E-state index contributed by atoms with van der Waals surface area (Å²) >= 11 is 1.17. The minimum Gasteiger partial charge on any atom is -0.295 e. The highest BCUT2D eigenvalue weighted by atomic mass is 32.2. The van der Waals surface area contributed by atoms with E-state index >= 15 is 0 Å². The van der Waals surface area contributed by atoms with Crippen LogP contribution < -0.4 is 5.06 Å². The zero-order chi connectivity index (χ0) is 16.7. The summed E-state index contributed by atoms with van der Waals surface area (Å²) in [5.74, 6) is 0.0769. The van der Waals surface area contributed by atoms with Gasteiger partial charge in [-0.2, -0.15) is 0 Å². The van der Waals surface area contributed by atoms with Crippen LogP contribution in [-0.2, 0) is 15.7 Å². The van der Waals surface area contributed by atoms with Gasteiger partial charge in [-0.15, -0.1) is 4.33 Å². The Kier molecular flexibility index (Phi) is 6.65. The van der Waals surface area contributed by atoms with Gasteiger partial charge in [0.1, 0.15) is 0 Å². The molecule has 0 fully saturated rings. The first-order valence-corrected chi connectivity index (χ1v) is 8.46. The fraction of sp³-hybridized carbons (Fsp3) is 0.278. The van der Waals surface area contributed by atoms with Crippen LogP contribution in [0.2, 0.25) is 0 Å². The number of benzene rings is 2. The molecule has 0 N–H and O–H groups in total. The number of anilines is 1. The van der Waals surface area contributed by atoms with E-state index in [9.17, 15) is 4.79 Å². The highest BCUT2D eigenvalue weighted by Crippen LogP contribution is 2.30. The number of Topliss-reactive ketones (excluding diaryl/α,β-unsaturated/α-hetero) is 1. The molecule has 2 aromatic carbocycles. The molecular weight excluding hydrogens is 310 g/mol. The molecule has 0 aromatic heterocycles. The Bertz CT molecular complexity index is 646. The zero-order valence-corrected chi connectivity index (χ0v) is 14.4. The average molecular weight is 331 g/mol. The Morgan fingerprint density at radius 2 is 1.87 bits per heavy atom. The predicted octanol–water partition coefficient (Wildman–Crippen LogP) is 4.85. The Hall–Kier alpha value is -1.82. The molecule has 1 aliphatic heterocycles. The first kappa shape index (κ1) is 17.5. The third-order valence-electron chi connectivity index (χ3n) is 3.33. The van der Waals surface area contributed by atoms with Gasteiger partial charge in [0.2, 0.25) is 0 Å². The van der Waals surface area contributed by atoms with Crippen molar-refractivity contribution in [3.63, 3.8) is 0 Å². The Morgan fingerprint density at radius 1 is 1.13 bits per heavy atom. The summed E-state index contributed by atoms with van der Waals surface area (Å²) in [5, 5.41) is 1.70. The van der Waals surface area contributed by atoms with Crippen LogP contribution in [0.5, 0.6) is 0 Å². The van der Waals surface area contributed by atoms with Crippen LogP contribution in [0.3, 0.4) is 0 Å². The highest BCUT2D eigenvalue weighted by Gasteiger charge is 2.21. The molecule has 4 nitrogen and oxygen atoms in total. The standard InChI is InChI=1S/C16H15NO3S.C2H6/c1-12(18)13-7-8-16-14(11-13)9-10-17(16)19-20-21-15-5-3-2-4-6-15;1-2/h2-8,11H,9-10H2,1H3;1-2H3. The van der Waals surface area contributed by atoms with Gasteiger partial charge in [0.15, 0.2) is 5.78 Å². The third kappa shape index (κ3) is 4.58. The smallest absolute Gasteiger partial charge is 0.159 e. The molecule has 1 heterocycles. The first-order valence-electron chi connectivity index (χ1n) is 7.72. The van der Waals surface area contributed by atoms with E-state index in [-0.39, 0.29) is 5.78 Å². The van der Waals surface area contributed by atoms with E-state index in [1.807, 2.05) is 62.4 Å². The van der Waals surface area contributed by atoms with Crippen LogP contribution in [0.15, 0.2) is 53.4 Å². The van der Waals surface area contributed by atoms with Crippen LogP contribution in [0.1, 0.15) is 36.7 Å². The number of hydrogen-bond acceptors (Lipinski definition) is 5. The van der Waals surface area contributed by atoms with E-state index < -0.39 is 0 Å². The summed E-state index contributed by atoms with van der Waals surface area (Å²) in [6.07, 6.45) is 0.843. The second kappa shape index (κ2) is 8.72. The van der Waals surface area contributed by atoms with Gasteiger partial charge in [0.25, 0.3) is 0 Å². The van der Waals surface area contributed by atoms with Crippen LogP contribution in [-0.4, -0.2) is 12.3 Å². The molecule has 0 atom stereocenters. The third-order valence-corrected chi connectivity index (χ3v) is 3.93. The Morgan fingerprint density at radius 3 is 2.57 bits per heavy atom. The summed E-state index contributed by atoms with van der Waals surface area (Å²) in [6.45, 7) is 6.29. The van der Waals surface area contributed by atoms with E-state index in [1.54, 1.807) is 12.0 Å². The Balaban J connectivity index is 0.000000924. The normalized spacial score (nSPS) is 12.4. The van der Waals surface area contributed by atoms with Crippen molar-refractivity contribution in [2.24, 2.45) is 0 Å². The molecule has 0 bridgehead atoms. The second-order valence-corrected chi connectivity index (χ2v) is 5.56. The van der Waals surface area contributed by atoms with Crippen LogP contribution in [0, 0.1) is 0 Å². The predicted molar refractivity (Wildman–Crippen MR) is 93.3 cm³/mol. The fourth-order valence-corrected chi connectivity index (χ4v) is 2.69. The van der Waals surface area contributed by atoms with Crippen LogP contribution in [0.25, 0.3) is 0 Å². The van der Waals surface area contributed by atoms with E-state index in [1.165, 1.54) is 12.0 Å². The summed E-state index contributed by atoms with van der Waals surface area (Å²) in [6, 6.07) is 15.4. The summed E-state index contributed by atoms with van der Waals surface area (Å²) < 4.78 is 5.21. The number of ketones is 1. The molecular formula is C18H21NO3S. The monoisotopic (exact) mass is 331 g/mol. The minimum absolute atomic E-state index is 0.0769. The molecule has 0 saturated carbocycles. The largest absolute Gasteiger partial charge is 0.295 e. The Labute approximate surface area is 141 Å². The summed E-state index contributed by atoms with van der Waals surface area (Å²) in [5.41, 5.74) is 2.79. The van der Waals surface area contributed by atoms with Gasteiger partial charge < -0.3 is 0 Å². The fourth-order valence-electron chi connectivity index (χ4n) is 2.24. The first-order chi connectivity index (χ1) is 11.2. The molecule has 0 radical (unpaired) electrons. The second-order valence-electron chi connectivity index (χ2n) is 4.79. The number of hydroxylamine groups is 1. The number of fused-ring (bicyclic) bond motifs is 1. The van der Waals surface area contributed by atoms with Crippen molar-refractivity contribution in [3.05, 3.63) is 59.7 Å². The molecule has 1 aliphatic rings. The molecule has 0 aliphatic carbocycles. The topological polar surface area (TPSA) is 38.8 Å². The van der Waals surface area contributed by atoms with Gasteiger partial charge in [-0.3, -0.25) is 4.79 Å². The van der Waals surface area contributed by atoms with E-state index in [2.05, 4.69) is 0 Å². The molecule has 23 heavy (non-hydrogen) atoms. The maximum Gasteiger partial charge on any atom is 0.159 e. The van der Waals surface area contributed by atoms with E-state index in [0.29, 0.717) is 6.54 Å². The molecule has 0 saturated heterocycles. The highest BCUT2D eigenvalue weighted by molar-refractivity contribution is 7.94. The lowest BCUT2D eigenvalue weighted by atomic mass is 10.1. The van der Waals surface area contributed by atoms with Crippen molar-refractivity contribution in [1.82, 2.24) is 0 Å². The minimum atomic E-state index is 0.0769. The van der Waals surface area contributed by atoms with Crippen LogP contribution in [0.4, 0.5) is 5.69 Å². The molecule has 2 aromatic rings. The van der Waals surface area contributed by atoms with Gasteiger partial charge in [0.05, 0.1) is 24.3 Å². The van der Waals surface area contributed by atoms with Gasteiger partial charge in [-0.1, -0.05) is 37.0 Å². The van der Waals surface area contributed by atoms with Gasteiger partial charge in [0, 0.05) is 10.5 Å². The lowest BCUT2D eigenvalue weighted by Crippen LogP contribution is -2.19. The van der Waals surface area contributed by atoms with Crippen LogP contribution >= 0.6 is 12.0 Å². The van der Waals surface area contributed by atoms with Crippen molar-refractivity contribution in [3.8, 4) is 0 Å². The molecule has 0 amide bonds. The molecule has 0 unspecified atom stereocenters. The molecule has 0 spiro atoms. The van der Waals surface area contributed by atoms with Crippen molar-refractivity contribution in [2.45, 2.75) is 32.1 Å². The number of nitrogens with zero attached hydrogens (tertiary/aromatic N) is 1. The number of hydrogen-bond donors (Lipinski definition) is 0. The van der Waals surface area contributed by atoms with Gasteiger partial charge in [-0.25, -0.2) is 5.06 Å². The van der Waals surface area contributed by atoms with E-state index in [4.69, 9.17) is 9.32 Å². The van der Waals surface area contributed by atoms with Crippen molar-refractivity contribution in [2.75, 3.05) is 11.6 Å². The zero-order valence-electron chi connectivity index (χ0n) is 13.6. The SMILES string of the molecule is CC.CC(=O)c1ccc2c(c1)CCN2OOSc1ccccc1. The number of carbonyl (C=O) groups excluding carboxylic acids is 1. The van der Waals surface area contributed by atoms with E-state index in [0.717, 1.165) is 28.1 Å².